The van der Waals surface area contributed by atoms with Crippen molar-refractivity contribution in [2.45, 2.75) is 43.2 Å². The van der Waals surface area contributed by atoms with Gasteiger partial charge in [0.15, 0.2) is 16.9 Å². The second-order valence-electron chi connectivity index (χ2n) is 9.23. The Hall–Kier alpha value is -4.24. The van der Waals surface area contributed by atoms with Crippen LogP contribution in [0, 0.1) is 5.92 Å². The Morgan fingerprint density at radius 2 is 1.95 bits per heavy atom. The maximum absolute atomic E-state index is 13.6. The number of hydrogen-bond acceptors (Lipinski definition) is 9. The highest BCUT2D eigenvalue weighted by molar-refractivity contribution is 6.09. The van der Waals surface area contributed by atoms with Crippen LogP contribution in [-0.4, -0.2) is 52.7 Å². The number of rotatable bonds is 6. The molecular weight excluding hydrogens is 517 g/mol. The summed E-state index contributed by atoms with van der Waals surface area (Å²) in [4.78, 5) is 34.7. The fourth-order valence-corrected chi connectivity index (χ4v) is 4.85. The van der Waals surface area contributed by atoms with E-state index in [0.29, 0.717) is 10.9 Å². The van der Waals surface area contributed by atoms with Crippen molar-refractivity contribution in [2.75, 3.05) is 11.1 Å². The summed E-state index contributed by atoms with van der Waals surface area (Å²) in [5, 5.41) is 7.10. The SMILES string of the molecule is Cn1ncc2c(-c3nc(N)c4c(n3)NC(=O)C4(c3ncco3)C3CC3)nc(CCC(F)(F)C(F)(F)F)nc21. The summed E-state index contributed by atoms with van der Waals surface area (Å²) < 4.78 is 72.1. The first-order valence-corrected chi connectivity index (χ1v) is 11.5. The van der Waals surface area contributed by atoms with Crippen LogP contribution in [0.3, 0.4) is 0 Å². The zero-order valence-electron chi connectivity index (χ0n) is 19.6. The molecule has 4 aromatic rings. The number of nitrogens with two attached hydrogens (primary N) is 1. The predicted octanol–water partition coefficient (Wildman–Crippen LogP) is 3.17. The van der Waals surface area contributed by atoms with Crippen molar-refractivity contribution in [3.8, 4) is 11.5 Å². The topological polar surface area (TPSA) is 151 Å². The number of halogens is 5. The number of amides is 1. The van der Waals surface area contributed by atoms with Crippen molar-refractivity contribution in [2.24, 2.45) is 13.0 Å². The normalized spacial score (nSPS) is 19.7. The molecule has 0 radical (unpaired) electrons. The summed E-state index contributed by atoms with van der Waals surface area (Å²) in [6, 6.07) is 0. The predicted molar refractivity (Wildman–Crippen MR) is 120 cm³/mol. The Labute approximate surface area is 209 Å². The summed E-state index contributed by atoms with van der Waals surface area (Å²) in [5.74, 6) is -5.68. The number of nitrogens with zero attached hydrogens (tertiary/aromatic N) is 7. The second kappa shape index (κ2) is 7.88. The van der Waals surface area contributed by atoms with Gasteiger partial charge in [-0.05, 0) is 18.8 Å². The van der Waals surface area contributed by atoms with Gasteiger partial charge >= 0.3 is 12.1 Å². The number of carbonyl (C=O) groups excluding carboxylic acids is 1. The van der Waals surface area contributed by atoms with E-state index in [9.17, 15) is 26.7 Å². The number of hydrogen-bond donors (Lipinski definition) is 2. The summed E-state index contributed by atoms with van der Waals surface area (Å²) in [5.41, 5.74) is 5.54. The Kier molecular flexibility index (Phi) is 5.00. The van der Waals surface area contributed by atoms with Crippen LogP contribution in [0.1, 0.15) is 36.5 Å². The molecular formula is C22H18F5N9O2. The molecule has 38 heavy (non-hydrogen) atoms. The average molecular weight is 535 g/mol. The third-order valence-electron chi connectivity index (χ3n) is 6.81. The van der Waals surface area contributed by atoms with Gasteiger partial charge < -0.3 is 15.5 Å². The van der Waals surface area contributed by atoms with Crippen LogP contribution >= 0.6 is 0 Å². The minimum absolute atomic E-state index is 0.0113. The molecule has 1 amide bonds. The highest BCUT2D eigenvalue weighted by Crippen LogP contribution is 2.57. The highest BCUT2D eigenvalue weighted by Gasteiger charge is 2.62. The Morgan fingerprint density at radius 3 is 2.61 bits per heavy atom. The lowest BCUT2D eigenvalue weighted by molar-refractivity contribution is -0.284. The Bertz CT molecular complexity index is 1580. The quantitative estimate of drug-likeness (QED) is 0.355. The lowest BCUT2D eigenvalue weighted by Gasteiger charge is -2.24. The number of oxazole rings is 1. The molecule has 1 saturated carbocycles. The van der Waals surface area contributed by atoms with Gasteiger partial charge in [-0.25, -0.2) is 24.9 Å². The van der Waals surface area contributed by atoms with E-state index in [1.54, 1.807) is 0 Å². The fraction of sp³-hybridized carbons (Fsp3) is 0.409. The van der Waals surface area contributed by atoms with Crippen LogP contribution in [0.25, 0.3) is 22.6 Å². The summed E-state index contributed by atoms with van der Waals surface area (Å²) in [7, 11) is 1.52. The summed E-state index contributed by atoms with van der Waals surface area (Å²) in [6.07, 6.45) is -2.45. The summed E-state index contributed by atoms with van der Waals surface area (Å²) in [6.45, 7) is 0. The minimum Gasteiger partial charge on any atom is -0.447 e. The van der Waals surface area contributed by atoms with Gasteiger partial charge in [-0.1, -0.05) is 0 Å². The third kappa shape index (κ3) is 3.42. The molecule has 1 aliphatic heterocycles. The minimum atomic E-state index is -5.71. The monoisotopic (exact) mass is 535 g/mol. The number of aryl methyl sites for hydroxylation is 2. The lowest BCUT2D eigenvalue weighted by Crippen LogP contribution is -2.39. The van der Waals surface area contributed by atoms with Crippen molar-refractivity contribution in [3.63, 3.8) is 0 Å². The van der Waals surface area contributed by atoms with E-state index in [0.717, 1.165) is 12.8 Å². The third-order valence-corrected chi connectivity index (χ3v) is 6.81. The van der Waals surface area contributed by atoms with Gasteiger partial charge in [0.1, 0.15) is 29.4 Å². The molecule has 16 heteroatoms. The van der Waals surface area contributed by atoms with Crippen molar-refractivity contribution in [1.82, 2.24) is 34.7 Å². The highest BCUT2D eigenvalue weighted by atomic mass is 19.4. The fourth-order valence-electron chi connectivity index (χ4n) is 4.85. The maximum atomic E-state index is 13.6. The van der Waals surface area contributed by atoms with E-state index in [1.807, 2.05) is 0 Å². The van der Waals surface area contributed by atoms with Gasteiger partial charge in [0.25, 0.3) is 0 Å². The van der Waals surface area contributed by atoms with Gasteiger partial charge in [-0.15, -0.1) is 0 Å². The van der Waals surface area contributed by atoms with Gasteiger partial charge in [0, 0.05) is 19.9 Å². The molecule has 1 aliphatic carbocycles. The van der Waals surface area contributed by atoms with Crippen molar-refractivity contribution < 1.29 is 31.2 Å². The van der Waals surface area contributed by atoms with Crippen molar-refractivity contribution in [3.05, 3.63) is 35.9 Å². The number of alkyl halides is 5. The smallest absolute Gasteiger partial charge is 0.447 e. The molecule has 3 N–H and O–H groups in total. The van der Waals surface area contributed by atoms with Crippen LogP contribution in [0.4, 0.5) is 33.6 Å². The Balaban J connectivity index is 1.47. The van der Waals surface area contributed by atoms with Gasteiger partial charge in [-0.2, -0.15) is 27.1 Å². The molecule has 0 saturated heterocycles. The van der Waals surface area contributed by atoms with Crippen molar-refractivity contribution in [1.29, 1.82) is 0 Å². The summed E-state index contributed by atoms with van der Waals surface area (Å²) >= 11 is 0. The molecule has 1 fully saturated rings. The number of anilines is 2. The molecule has 0 spiro atoms. The van der Waals surface area contributed by atoms with Gasteiger partial charge in [-0.3, -0.25) is 9.48 Å². The molecule has 1 unspecified atom stereocenters. The van der Waals surface area contributed by atoms with E-state index in [2.05, 4.69) is 35.3 Å². The number of carbonyl (C=O) groups is 1. The lowest BCUT2D eigenvalue weighted by atomic mass is 9.77. The average Bonchev–Trinajstić information content (AvgIpc) is 3.27. The Morgan fingerprint density at radius 1 is 1.18 bits per heavy atom. The first-order valence-electron chi connectivity index (χ1n) is 11.5. The molecule has 1 atom stereocenters. The number of aromatic nitrogens is 7. The van der Waals surface area contributed by atoms with E-state index >= 15 is 0 Å². The molecule has 6 rings (SSSR count). The number of nitrogen functional groups attached to an aromatic ring is 1. The molecule has 5 heterocycles. The first kappa shape index (κ1) is 24.1. The van der Waals surface area contributed by atoms with Crippen LogP contribution < -0.4 is 11.1 Å². The van der Waals surface area contributed by atoms with E-state index in [4.69, 9.17) is 10.2 Å². The van der Waals surface area contributed by atoms with E-state index < -0.39 is 36.3 Å². The standard InChI is InChI=1S/C22H18F5N9O2/c1-36-17-10(8-30-36)13(31-11(32-17)4-5-20(23,24)22(25,26)27)16-33-14(28)12-15(34-16)35-18(37)21(12,9-2-3-9)19-29-6-7-38-19/h6-9H,2-5H2,1H3,(H3,28,33,34,35,37). The number of nitrogens with one attached hydrogen (secondary N) is 1. The van der Waals surface area contributed by atoms with Crippen LogP contribution in [-0.2, 0) is 23.7 Å². The molecule has 4 aromatic heterocycles. The molecule has 0 aromatic carbocycles. The maximum Gasteiger partial charge on any atom is 0.453 e. The van der Waals surface area contributed by atoms with Gasteiger partial charge in [0.2, 0.25) is 11.8 Å². The molecule has 2 aliphatic rings. The zero-order chi connectivity index (χ0) is 27.0. The molecule has 0 bridgehead atoms. The number of fused-ring (bicyclic) bond motifs is 2. The van der Waals surface area contributed by atoms with E-state index in [1.165, 1.54) is 30.4 Å². The largest absolute Gasteiger partial charge is 0.453 e. The van der Waals surface area contributed by atoms with E-state index in [-0.39, 0.29) is 46.4 Å². The van der Waals surface area contributed by atoms with Crippen LogP contribution in [0.5, 0.6) is 0 Å². The zero-order valence-corrected chi connectivity index (χ0v) is 19.6. The first-order chi connectivity index (χ1) is 17.9. The second-order valence-corrected chi connectivity index (χ2v) is 9.23. The van der Waals surface area contributed by atoms with Crippen molar-refractivity contribution >= 4 is 28.6 Å². The molecule has 198 valence electrons. The van der Waals surface area contributed by atoms with Crippen LogP contribution in [0.2, 0.25) is 0 Å². The van der Waals surface area contributed by atoms with Gasteiger partial charge in [0.05, 0.1) is 23.3 Å². The van der Waals surface area contributed by atoms with Crippen LogP contribution in [0.15, 0.2) is 23.1 Å². The molecule has 11 nitrogen and oxygen atoms in total.